The van der Waals surface area contributed by atoms with Crippen molar-refractivity contribution in [3.8, 4) is 0 Å². The third-order valence-electron chi connectivity index (χ3n) is 2.94. The Labute approximate surface area is 100 Å². The molecule has 0 atom stereocenters. The van der Waals surface area contributed by atoms with E-state index in [0.29, 0.717) is 25.2 Å². The van der Waals surface area contributed by atoms with E-state index >= 15 is 0 Å². The minimum absolute atomic E-state index is 0.132. The monoisotopic (exact) mass is 258 g/mol. The van der Waals surface area contributed by atoms with Crippen LogP contribution in [0.15, 0.2) is 18.2 Å². The van der Waals surface area contributed by atoms with Gasteiger partial charge in [-0.2, -0.15) is 0 Å². The zero-order valence-corrected chi connectivity index (χ0v) is 10.2. The smallest absolute Gasteiger partial charge is 0.152 e. The lowest BCUT2D eigenvalue weighted by Gasteiger charge is -2.26. The summed E-state index contributed by atoms with van der Waals surface area (Å²) in [5.74, 6) is -0.102. The second-order valence-electron chi connectivity index (χ2n) is 4.25. The summed E-state index contributed by atoms with van der Waals surface area (Å²) in [4.78, 5) is 1.93. The Kier molecular flexibility index (Phi) is 3.35. The largest absolute Gasteiger partial charge is 0.396 e. The van der Waals surface area contributed by atoms with Crippen LogP contribution in [0.3, 0.4) is 0 Å². The van der Waals surface area contributed by atoms with Gasteiger partial charge in [0.15, 0.2) is 15.7 Å². The fourth-order valence-corrected chi connectivity index (χ4v) is 3.15. The van der Waals surface area contributed by atoms with Gasteiger partial charge in [0, 0.05) is 25.2 Å². The molecule has 0 spiro atoms. The second-order valence-corrected chi connectivity index (χ2v) is 6.55. The average molecular weight is 258 g/mol. The summed E-state index contributed by atoms with van der Waals surface area (Å²) >= 11 is 0. The van der Waals surface area contributed by atoms with Crippen LogP contribution in [0.25, 0.3) is 0 Å². The molecule has 2 rings (SSSR count). The number of hydrogen-bond acceptors (Lipinski definition) is 4. The molecule has 1 fully saturated rings. The molecule has 6 heteroatoms. The van der Waals surface area contributed by atoms with E-state index in [1.54, 1.807) is 12.1 Å². The zero-order chi connectivity index (χ0) is 12.5. The lowest BCUT2D eigenvalue weighted by molar-refractivity contribution is 0.283. The fourth-order valence-electron chi connectivity index (χ4n) is 1.87. The normalized spacial score (nSPS) is 20.3. The quantitative estimate of drug-likeness (QED) is 0.791. The highest BCUT2D eigenvalue weighted by Gasteiger charge is 2.22. The van der Waals surface area contributed by atoms with Crippen LogP contribution >= 0.6 is 0 Å². The van der Waals surface area contributed by atoms with E-state index in [1.807, 2.05) is 4.90 Å². The SMILES string of the molecule is Nc1cccc(CN2CCS(=O)(=O)CC2)c1F. The van der Waals surface area contributed by atoms with E-state index < -0.39 is 15.7 Å². The molecule has 0 saturated carbocycles. The highest BCUT2D eigenvalue weighted by atomic mass is 32.2. The molecule has 0 bridgehead atoms. The number of nitrogen functional groups attached to an aromatic ring is 1. The van der Waals surface area contributed by atoms with E-state index in [2.05, 4.69) is 0 Å². The van der Waals surface area contributed by atoms with Crippen LogP contribution in [-0.2, 0) is 16.4 Å². The lowest BCUT2D eigenvalue weighted by atomic mass is 10.1. The molecule has 0 unspecified atom stereocenters. The molecule has 17 heavy (non-hydrogen) atoms. The molecule has 0 aliphatic carbocycles. The highest BCUT2D eigenvalue weighted by molar-refractivity contribution is 7.91. The van der Waals surface area contributed by atoms with Gasteiger partial charge in [0.05, 0.1) is 17.2 Å². The van der Waals surface area contributed by atoms with E-state index in [0.717, 1.165) is 0 Å². The first-order chi connectivity index (χ1) is 7.98. The minimum atomic E-state index is -2.89. The summed E-state index contributed by atoms with van der Waals surface area (Å²) in [6.45, 7) is 1.32. The van der Waals surface area contributed by atoms with Crippen molar-refractivity contribution < 1.29 is 12.8 Å². The Morgan fingerprint density at radius 2 is 1.94 bits per heavy atom. The van der Waals surface area contributed by atoms with Crippen molar-refractivity contribution in [2.24, 2.45) is 0 Å². The van der Waals surface area contributed by atoms with Crippen LogP contribution in [0.5, 0.6) is 0 Å². The fraction of sp³-hybridized carbons (Fsp3) is 0.455. The topological polar surface area (TPSA) is 63.4 Å². The van der Waals surface area contributed by atoms with Gasteiger partial charge in [-0.3, -0.25) is 4.90 Å². The van der Waals surface area contributed by atoms with Gasteiger partial charge < -0.3 is 5.73 Å². The van der Waals surface area contributed by atoms with Crippen LogP contribution in [0.2, 0.25) is 0 Å². The molecule has 0 radical (unpaired) electrons. The molecule has 0 aromatic heterocycles. The van der Waals surface area contributed by atoms with E-state index in [4.69, 9.17) is 5.73 Å². The number of nitrogens with two attached hydrogens (primary N) is 1. The Morgan fingerprint density at radius 3 is 2.59 bits per heavy atom. The number of hydrogen-bond donors (Lipinski definition) is 1. The van der Waals surface area contributed by atoms with Crippen LogP contribution in [0.1, 0.15) is 5.56 Å². The van der Waals surface area contributed by atoms with Crippen molar-refractivity contribution in [1.82, 2.24) is 4.90 Å². The summed E-state index contributed by atoms with van der Waals surface area (Å²) in [6.07, 6.45) is 0. The Morgan fingerprint density at radius 1 is 1.29 bits per heavy atom. The van der Waals surface area contributed by atoms with Crippen LogP contribution in [0, 0.1) is 5.82 Å². The van der Waals surface area contributed by atoms with Gasteiger partial charge in [-0.25, -0.2) is 12.8 Å². The van der Waals surface area contributed by atoms with Crippen LogP contribution < -0.4 is 5.73 Å². The molecule has 1 heterocycles. The zero-order valence-electron chi connectivity index (χ0n) is 9.39. The van der Waals surface area contributed by atoms with Crippen LogP contribution in [-0.4, -0.2) is 37.9 Å². The number of benzene rings is 1. The van der Waals surface area contributed by atoms with Gasteiger partial charge in [-0.15, -0.1) is 0 Å². The van der Waals surface area contributed by atoms with Gasteiger partial charge in [0.25, 0.3) is 0 Å². The van der Waals surface area contributed by atoms with E-state index in [1.165, 1.54) is 6.07 Å². The number of nitrogens with zero attached hydrogens (tertiary/aromatic N) is 1. The van der Waals surface area contributed by atoms with Crippen molar-refractivity contribution in [3.05, 3.63) is 29.6 Å². The first-order valence-corrected chi connectivity index (χ1v) is 7.26. The summed E-state index contributed by atoms with van der Waals surface area (Å²) in [5.41, 5.74) is 6.13. The van der Waals surface area contributed by atoms with Gasteiger partial charge in [0.2, 0.25) is 0 Å². The number of halogens is 1. The number of rotatable bonds is 2. The molecule has 1 aliphatic rings. The third-order valence-corrected chi connectivity index (χ3v) is 4.55. The second kappa shape index (κ2) is 4.62. The van der Waals surface area contributed by atoms with E-state index in [9.17, 15) is 12.8 Å². The maximum atomic E-state index is 13.6. The molecule has 94 valence electrons. The van der Waals surface area contributed by atoms with E-state index in [-0.39, 0.29) is 17.2 Å². The summed E-state index contributed by atoms with van der Waals surface area (Å²) in [6, 6.07) is 4.89. The van der Waals surface area contributed by atoms with Gasteiger partial charge in [-0.05, 0) is 6.07 Å². The minimum Gasteiger partial charge on any atom is -0.396 e. The Hall–Kier alpha value is -1.14. The molecular weight excluding hydrogens is 243 g/mol. The summed E-state index contributed by atoms with van der Waals surface area (Å²) in [5, 5.41) is 0. The third kappa shape index (κ3) is 2.95. The molecule has 1 saturated heterocycles. The van der Waals surface area contributed by atoms with Gasteiger partial charge >= 0.3 is 0 Å². The van der Waals surface area contributed by atoms with Crippen LogP contribution in [0.4, 0.5) is 10.1 Å². The maximum Gasteiger partial charge on any atom is 0.152 e. The first kappa shape index (κ1) is 12.3. The molecule has 0 amide bonds. The molecule has 1 aromatic rings. The van der Waals surface area contributed by atoms with Crippen molar-refractivity contribution in [2.75, 3.05) is 30.3 Å². The molecular formula is C11H15FN2O2S. The predicted molar refractivity (Wildman–Crippen MR) is 64.7 cm³/mol. The molecule has 4 nitrogen and oxygen atoms in total. The van der Waals surface area contributed by atoms with Crippen molar-refractivity contribution in [3.63, 3.8) is 0 Å². The number of sulfone groups is 1. The summed E-state index contributed by atoms with van der Waals surface area (Å²) in [7, 11) is -2.89. The van der Waals surface area contributed by atoms with Crippen molar-refractivity contribution in [2.45, 2.75) is 6.54 Å². The standard InChI is InChI=1S/C11H15FN2O2S/c12-11-9(2-1-3-10(11)13)8-14-4-6-17(15,16)7-5-14/h1-3H,4-8,13H2. The highest BCUT2D eigenvalue weighted by Crippen LogP contribution is 2.17. The molecule has 1 aromatic carbocycles. The predicted octanol–water partition coefficient (Wildman–Crippen LogP) is 0.638. The Balaban J connectivity index is 2.05. The van der Waals surface area contributed by atoms with Gasteiger partial charge in [0.1, 0.15) is 0 Å². The van der Waals surface area contributed by atoms with Crippen molar-refractivity contribution in [1.29, 1.82) is 0 Å². The summed E-state index contributed by atoms with van der Waals surface area (Å²) < 4.78 is 36.1. The molecule has 2 N–H and O–H groups in total. The first-order valence-electron chi connectivity index (χ1n) is 5.43. The van der Waals surface area contributed by atoms with Crippen molar-refractivity contribution >= 4 is 15.5 Å². The molecule has 1 aliphatic heterocycles. The lowest BCUT2D eigenvalue weighted by Crippen LogP contribution is -2.39. The Bertz CT molecular complexity index is 502. The average Bonchev–Trinajstić information content (AvgIpc) is 2.27. The number of anilines is 1. The maximum absolute atomic E-state index is 13.6. The van der Waals surface area contributed by atoms with Gasteiger partial charge in [-0.1, -0.05) is 12.1 Å².